The van der Waals surface area contributed by atoms with Crippen LogP contribution < -0.4 is 16.0 Å². The van der Waals surface area contributed by atoms with Gasteiger partial charge >= 0.3 is 0 Å². The number of amides is 2. The van der Waals surface area contributed by atoms with Crippen LogP contribution >= 0.6 is 0 Å². The maximum atomic E-state index is 11.9. The lowest BCUT2D eigenvalue weighted by Gasteiger charge is -2.28. The Labute approximate surface area is 107 Å². The van der Waals surface area contributed by atoms with E-state index in [1.165, 1.54) is 12.8 Å². The van der Waals surface area contributed by atoms with Crippen molar-refractivity contribution in [3.63, 3.8) is 0 Å². The molecule has 0 aromatic rings. The summed E-state index contributed by atoms with van der Waals surface area (Å²) in [6.07, 6.45) is 5.85. The molecule has 3 heterocycles. The molecule has 3 atom stereocenters. The van der Waals surface area contributed by atoms with Gasteiger partial charge in [0.25, 0.3) is 0 Å². The molecule has 3 aliphatic rings. The van der Waals surface area contributed by atoms with E-state index in [-0.39, 0.29) is 17.9 Å². The Morgan fingerprint density at radius 1 is 1.28 bits per heavy atom. The van der Waals surface area contributed by atoms with Crippen molar-refractivity contribution in [3.05, 3.63) is 0 Å². The fraction of sp³-hybridized carbons (Fsp3) is 0.846. The number of hydrogen-bond acceptors (Lipinski definition) is 3. The van der Waals surface area contributed by atoms with E-state index in [2.05, 4.69) is 16.0 Å². The molecule has 3 rings (SSSR count). The first-order valence-electron chi connectivity index (χ1n) is 7.01. The van der Waals surface area contributed by atoms with Gasteiger partial charge in [-0.15, -0.1) is 0 Å². The summed E-state index contributed by atoms with van der Waals surface area (Å²) in [5.74, 6) is 0.678. The third-order valence-electron chi connectivity index (χ3n) is 4.39. The van der Waals surface area contributed by atoms with Crippen molar-refractivity contribution in [3.8, 4) is 0 Å². The third-order valence-corrected chi connectivity index (χ3v) is 4.39. The zero-order chi connectivity index (χ0) is 12.5. The summed E-state index contributed by atoms with van der Waals surface area (Å²) in [4.78, 5) is 23.0. The number of carbonyl (C=O) groups excluding carboxylic acids is 2. The van der Waals surface area contributed by atoms with Gasteiger partial charge in [0.15, 0.2) is 0 Å². The van der Waals surface area contributed by atoms with E-state index in [0.29, 0.717) is 37.4 Å². The number of nitrogens with one attached hydrogen (secondary N) is 3. The average Bonchev–Trinajstić information content (AvgIpc) is 2.85. The van der Waals surface area contributed by atoms with Crippen LogP contribution in [-0.4, -0.2) is 36.5 Å². The van der Waals surface area contributed by atoms with E-state index in [1.807, 2.05) is 0 Å². The van der Waals surface area contributed by atoms with Gasteiger partial charge in [-0.1, -0.05) is 0 Å². The second kappa shape index (κ2) is 4.88. The van der Waals surface area contributed by atoms with Gasteiger partial charge in [0.1, 0.15) is 0 Å². The molecule has 0 radical (unpaired) electrons. The van der Waals surface area contributed by atoms with Gasteiger partial charge in [0, 0.05) is 31.5 Å². The van der Waals surface area contributed by atoms with Gasteiger partial charge in [-0.05, 0) is 31.6 Å². The Balaban J connectivity index is 1.45. The minimum Gasteiger partial charge on any atom is -0.354 e. The molecule has 0 spiro atoms. The highest BCUT2D eigenvalue weighted by Crippen LogP contribution is 2.32. The zero-order valence-corrected chi connectivity index (χ0v) is 10.6. The average molecular weight is 251 g/mol. The van der Waals surface area contributed by atoms with Gasteiger partial charge in [-0.2, -0.15) is 0 Å². The van der Waals surface area contributed by atoms with Crippen LogP contribution in [0.3, 0.4) is 0 Å². The maximum Gasteiger partial charge on any atom is 0.222 e. The minimum atomic E-state index is 0.00318. The van der Waals surface area contributed by atoms with Gasteiger partial charge in [0.2, 0.25) is 11.8 Å². The number of carbonyl (C=O) groups is 2. The summed E-state index contributed by atoms with van der Waals surface area (Å²) in [6, 6.07) is 1.27. The van der Waals surface area contributed by atoms with Crippen LogP contribution in [0.1, 0.15) is 38.5 Å². The van der Waals surface area contributed by atoms with Crippen molar-refractivity contribution < 1.29 is 9.59 Å². The minimum absolute atomic E-state index is 0.00318. The monoisotopic (exact) mass is 251 g/mol. The van der Waals surface area contributed by atoms with E-state index in [9.17, 15) is 9.59 Å². The molecule has 3 aliphatic heterocycles. The molecule has 18 heavy (non-hydrogen) atoms. The van der Waals surface area contributed by atoms with Crippen LogP contribution in [0.25, 0.3) is 0 Å². The summed E-state index contributed by atoms with van der Waals surface area (Å²) < 4.78 is 0. The molecule has 5 heteroatoms. The largest absolute Gasteiger partial charge is 0.354 e. The molecular weight excluding hydrogens is 230 g/mol. The number of piperidine rings is 1. The summed E-state index contributed by atoms with van der Waals surface area (Å²) in [7, 11) is 0. The molecule has 100 valence electrons. The van der Waals surface area contributed by atoms with Crippen LogP contribution in [0.2, 0.25) is 0 Å². The molecule has 3 unspecified atom stereocenters. The highest BCUT2D eigenvalue weighted by molar-refractivity contribution is 5.82. The van der Waals surface area contributed by atoms with Crippen molar-refractivity contribution in [1.29, 1.82) is 0 Å². The smallest absolute Gasteiger partial charge is 0.222 e. The summed E-state index contributed by atoms with van der Waals surface area (Å²) in [5.41, 5.74) is 0. The molecule has 2 amide bonds. The van der Waals surface area contributed by atoms with Crippen LogP contribution in [-0.2, 0) is 9.59 Å². The quantitative estimate of drug-likeness (QED) is 0.656. The highest BCUT2D eigenvalue weighted by atomic mass is 16.2. The number of rotatable bonds is 3. The Morgan fingerprint density at radius 3 is 2.61 bits per heavy atom. The lowest BCUT2D eigenvalue weighted by Crippen LogP contribution is -2.41. The molecule has 2 bridgehead atoms. The predicted molar refractivity (Wildman–Crippen MR) is 66.8 cm³/mol. The Hall–Kier alpha value is -1.10. The second-order valence-electron chi connectivity index (χ2n) is 5.95. The van der Waals surface area contributed by atoms with Gasteiger partial charge in [-0.25, -0.2) is 0 Å². The normalized spacial score (nSPS) is 38.6. The van der Waals surface area contributed by atoms with Crippen molar-refractivity contribution in [2.24, 2.45) is 5.92 Å². The molecule has 3 N–H and O–H groups in total. The first kappa shape index (κ1) is 12.0. The fourth-order valence-electron chi connectivity index (χ4n) is 3.60. The first-order chi connectivity index (χ1) is 8.69. The lowest BCUT2D eigenvalue weighted by molar-refractivity contribution is -0.122. The molecular formula is C13H21N3O2. The van der Waals surface area contributed by atoms with Gasteiger partial charge < -0.3 is 16.0 Å². The molecule has 0 saturated carbocycles. The van der Waals surface area contributed by atoms with E-state index in [0.717, 1.165) is 12.8 Å². The first-order valence-corrected chi connectivity index (χ1v) is 7.01. The molecule has 3 saturated heterocycles. The van der Waals surface area contributed by atoms with Gasteiger partial charge in [0.05, 0.1) is 6.04 Å². The zero-order valence-electron chi connectivity index (χ0n) is 10.6. The van der Waals surface area contributed by atoms with E-state index in [1.54, 1.807) is 0 Å². The number of hydrogen-bond donors (Lipinski definition) is 3. The SMILES string of the molecule is O=C1CC(NC(=O)CC2CC3CCC(C2)N3)CN1. The third kappa shape index (κ3) is 2.66. The van der Waals surface area contributed by atoms with Crippen LogP contribution in [0.4, 0.5) is 0 Å². The standard InChI is InChI=1S/C13H21N3O2/c17-12-6-11(7-14-12)16-13(18)5-8-3-9-1-2-10(4-8)15-9/h8-11,15H,1-7H2,(H,14,17)(H,16,18). The van der Waals surface area contributed by atoms with Crippen molar-refractivity contribution in [2.45, 2.75) is 56.7 Å². The Morgan fingerprint density at radius 2 is 2.00 bits per heavy atom. The Kier molecular flexibility index (Phi) is 3.24. The van der Waals surface area contributed by atoms with Crippen molar-refractivity contribution >= 4 is 11.8 Å². The van der Waals surface area contributed by atoms with Crippen LogP contribution in [0, 0.1) is 5.92 Å². The topological polar surface area (TPSA) is 70.2 Å². The molecule has 5 nitrogen and oxygen atoms in total. The lowest BCUT2D eigenvalue weighted by atomic mass is 9.89. The predicted octanol–water partition coefficient (Wildman–Crippen LogP) is -0.0882. The summed E-state index contributed by atoms with van der Waals surface area (Å²) in [6.45, 7) is 0.585. The molecule has 0 aliphatic carbocycles. The second-order valence-corrected chi connectivity index (χ2v) is 5.95. The van der Waals surface area contributed by atoms with Crippen LogP contribution in [0.5, 0.6) is 0 Å². The van der Waals surface area contributed by atoms with E-state index in [4.69, 9.17) is 0 Å². The van der Waals surface area contributed by atoms with Crippen molar-refractivity contribution in [2.75, 3.05) is 6.54 Å². The summed E-state index contributed by atoms with van der Waals surface area (Å²) in [5, 5.41) is 9.29. The summed E-state index contributed by atoms with van der Waals surface area (Å²) >= 11 is 0. The molecule has 0 aromatic heterocycles. The van der Waals surface area contributed by atoms with E-state index < -0.39 is 0 Å². The van der Waals surface area contributed by atoms with Crippen LogP contribution in [0.15, 0.2) is 0 Å². The number of fused-ring (bicyclic) bond motifs is 2. The van der Waals surface area contributed by atoms with Crippen molar-refractivity contribution in [1.82, 2.24) is 16.0 Å². The van der Waals surface area contributed by atoms with E-state index >= 15 is 0 Å². The Bertz CT molecular complexity index is 346. The van der Waals surface area contributed by atoms with Gasteiger partial charge in [-0.3, -0.25) is 9.59 Å². The fourth-order valence-corrected chi connectivity index (χ4v) is 3.60. The maximum absolute atomic E-state index is 11.9. The molecule has 0 aromatic carbocycles. The highest BCUT2D eigenvalue weighted by Gasteiger charge is 2.34. The molecule has 3 fully saturated rings.